The Labute approximate surface area is 117 Å². The average molecular weight is 264 g/mol. The Bertz CT molecular complexity index is 726. The van der Waals surface area contributed by atoms with E-state index in [9.17, 15) is 4.39 Å². The Morgan fingerprint density at radius 1 is 1.15 bits per heavy atom. The maximum Gasteiger partial charge on any atom is 0.132 e. The lowest BCUT2D eigenvalue weighted by atomic mass is 9.98. The van der Waals surface area contributed by atoms with Crippen molar-refractivity contribution in [3.05, 3.63) is 65.0 Å². The molecule has 0 unspecified atom stereocenters. The zero-order chi connectivity index (χ0) is 13.9. The highest BCUT2D eigenvalue weighted by molar-refractivity contribution is 6.16. The van der Waals surface area contributed by atoms with Gasteiger partial charge in [0.1, 0.15) is 5.82 Å². The minimum Gasteiger partial charge on any atom is -0.383 e. The number of nitrogens with zero attached hydrogens (tertiary/aromatic N) is 1. The van der Waals surface area contributed by atoms with Gasteiger partial charge in [0.2, 0.25) is 0 Å². The highest BCUT2D eigenvalue weighted by Crippen LogP contribution is 2.24. The number of hydrogen-bond acceptors (Lipinski definition) is 2. The number of benzodiazepines with no additional fused rings is 1. The lowest BCUT2D eigenvalue weighted by Gasteiger charge is -2.11. The molecule has 0 fully saturated rings. The van der Waals surface area contributed by atoms with Crippen LogP contribution in [0.15, 0.2) is 47.5 Å². The molecule has 0 bridgehead atoms. The van der Waals surface area contributed by atoms with E-state index in [4.69, 9.17) is 6.42 Å². The van der Waals surface area contributed by atoms with E-state index in [1.165, 1.54) is 6.07 Å². The molecule has 0 saturated heterocycles. The number of anilines is 1. The quantitative estimate of drug-likeness (QED) is 0.786. The first-order valence-corrected chi connectivity index (χ1v) is 6.44. The lowest BCUT2D eigenvalue weighted by Crippen LogP contribution is -2.07. The first kappa shape index (κ1) is 12.4. The van der Waals surface area contributed by atoms with Crippen molar-refractivity contribution < 1.29 is 4.39 Å². The van der Waals surface area contributed by atoms with Crippen molar-refractivity contribution in [2.75, 3.05) is 18.4 Å². The monoisotopic (exact) mass is 264 g/mol. The van der Waals surface area contributed by atoms with Crippen LogP contribution in [0.2, 0.25) is 0 Å². The second-order valence-corrected chi connectivity index (χ2v) is 4.54. The van der Waals surface area contributed by atoms with Gasteiger partial charge in [-0.1, -0.05) is 18.1 Å². The molecule has 0 radical (unpaired) electrons. The van der Waals surface area contributed by atoms with Gasteiger partial charge in [0, 0.05) is 28.9 Å². The summed E-state index contributed by atoms with van der Waals surface area (Å²) in [5.41, 5.74) is 3.70. The second kappa shape index (κ2) is 5.18. The molecule has 20 heavy (non-hydrogen) atoms. The van der Waals surface area contributed by atoms with Crippen LogP contribution in [0.4, 0.5) is 10.1 Å². The highest BCUT2D eigenvalue weighted by Gasteiger charge is 2.17. The molecule has 0 atom stereocenters. The normalized spacial score (nSPS) is 13.5. The molecule has 0 saturated carbocycles. The topological polar surface area (TPSA) is 24.4 Å². The van der Waals surface area contributed by atoms with Crippen molar-refractivity contribution >= 4 is 11.4 Å². The number of aliphatic imine (C=N–C) groups is 1. The van der Waals surface area contributed by atoms with Crippen molar-refractivity contribution in [2.45, 2.75) is 0 Å². The second-order valence-electron chi connectivity index (χ2n) is 4.54. The van der Waals surface area contributed by atoms with Gasteiger partial charge in [-0.3, -0.25) is 4.99 Å². The van der Waals surface area contributed by atoms with E-state index in [0.717, 1.165) is 23.4 Å². The number of benzene rings is 2. The van der Waals surface area contributed by atoms with Gasteiger partial charge < -0.3 is 5.32 Å². The summed E-state index contributed by atoms with van der Waals surface area (Å²) in [7, 11) is 0. The van der Waals surface area contributed by atoms with Crippen molar-refractivity contribution in [1.82, 2.24) is 0 Å². The minimum absolute atomic E-state index is 0.273. The van der Waals surface area contributed by atoms with Crippen LogP contribution in [-0.4, -0.2) is 18.8 Å². The molecule has 0 spiro atoms. The Hall–Kier alpha value is -2.60. The Morgan fingerprint density at radius 2 is 2.00 bits per heavy atom. The third-order valence-corrected chi connectivity index (χ3v) is 3.27. The summed E-state index contributed by atoms with van der Waals surface area (Å²) < 4.78 is 14.0. The Balaban J connectivity index is 2.21. The predicted molar refractivity (Wildman–Crippen MR) is 79.8 cm³/mol. The van der Waals surface area contributed by atoms with Gasteiger partial charge in [-0.25, -0.2) is 4.39 Å². The van der Waals surface area contributed by atoms with E-state index in [0.29, 0.717) is 17.8 Å². The number of halogens is 1. The Morgan fingerprint density at radius 3 is 2.80 bits per heavy atom. The SMILES string of the molecule is C#Cc1ccc2c(c1)C(c1ccccc1F)=NCCN2. The average Bonchev–Trinajstić information content (AvgIpc) is 2.69. The number of terminal acetylenes is 1. The van der Waals surface area contributed by atoms with E-state index in [1.54, 1.807) is 12.1 Å². The smallest absolute Gasteiger partial charge is 0.132 e. The molecule has 1 aliphatic heterocycles. The fourth-order valence-corrected chi connectivity index (χ4v) is 2.31. The van der Waals surface area contributed by atoms with Crippen LogP contribution in [0.1, 0.15) is 16.7 Å². The zero-order valence-corrected chi connectivity index (χ0v) is 10.9. The molecule has 3 heteroatoms. The van der Waals surface area contributed by atoms with Gasteiger partial charge >= 0.3 is 0 Å². The van der Waals surface area contributed by atoms with E-state index in [2.05, 4.69) is 16.2 Å². The number of nitrogens with one attached hydrogen (secondary N) is 1. The van der Waals surface area contributed by atoms with Crippen molar-refractivity contribution in [3.8, 4) is 12.3 Å². The lowest BCUT2D eigenvalue weighted by molar-refractivity contribution is 0.625. The molecule has 1 heterocycles. The van der Waals surface area contributed by atoms with Crippen molar-refractivity contribution in [1.29, 1.82) is 0 Å². The van der Waals surface area contributed by atoms with Crippen LogP contribution in [0.25, 0.3) is 0 Å². The van der Waals surface area contributed by atoms with E-state index < -0.39 is 0 Å². The summed E-state index contributed by atoms with van der Waals surface area (Å²) in [6, 6.07) is 12.3. The van der Waals surface area contributed by atoms with Gasteiger partial charge in [0.05, 0.1) is 12.3 Å². The summed E-state index contributed by atoms with van der Waals surface area (Å²) in [5.74, 6) is 2.33. The minimum atomic E-state index is -0.273. The number of hydrogen-bond donors (Lipinski definition) is 1. The molecule has 2 nitrogen and oxygen atoms in total. The summed E-state index contributed by atoms with van der Waals surface area (Å²) in [5, 5.41) is 3.29. The maximum absolute atomic E-state index is 14.0. The molecule has 2 aromatic carbocycles. The van der Waals surface area contributed by atoms with Crippen LogP contribution in [0.5, 0.6) is 0 Å². The molecule has 2 aromatic rings. The van der Waals surface area contributed by atoms with Gasteiger partial charge in [-0.2, -0.15) is 0 Å². The van der Waals surface area contributed by atoms with E-state index >= 15 is 0 Å². The first-order valence-electron chi connectivity index (χ1n) is 6.44. The first-order chi connectivity index (χ1) is 9.79. The molecule has 0 amide bonds. The van der Waals surface area contributed by atoms with Gasteiger partial charge in [0.15, 0.2) is 0 Å². The van der Waals surface area contributed by atoms with Crippen LogP contribution in [0.3, 0.4) is 0 Å². The van der Waals surface area contributed by atoms with Crippen LogP contribution in [0, 0.1) is 18.2 Å². The molecule has 0 aromatic heterocycles. The predicted octanol–water partition coefficient (Wildman–Crippen LogP) is 3.07. The molecular weight excluding hydrogens is 251 g/mol. The molecule has 0 aliphatic carbocycles. The van der Waals surface area contributed by atoms with E-state index in [-0.39, 0.29) is 5.82 Å². The largest absolute Gasteiger partial charge is 0.383 e. The van der Waals surface area contributed by atoms with Gasteiger partial charge in [-0.05, 0) is 30.3 Å². The fraction of sp³-hybridized carbons (Fsp3) is 0.118. The third kappa shape index (κ3) is 2.17. The zero-order valence-electron chi connectivity index (χ0n) is 10.9. The van der Waals surface area contributed by atoms with Crippen LogP contribution >= 0.6 is 0 Å². The van der Waals surface area contributed by atoms with Crippen molar-refractivity contribution in [3.63, 3.8) is 0 Å². The molecule has 3 rings (SSSR count). The fourth-order valence-electron chi connectivity index (χ4n) is 2.31. The maximum atomic E-state index is 14.0. The summed E-state index contributed by atoms with van der Waals surface area (Å²) in [4.78, 5) is 4.52. The highest BCUT2D eigenvalue weighted by atomic mass is 19.1. The Kier molecular flexibility index (Phi) is 3.22. The van der Waals surface area contributed by atoms with Crippen LogP contribution < -0.4 is 5.32 Å². The summed E-state index contributed by atoms with van der Waals surface area (Å²) in [6.45, 7) is 1.32. The molecular formula is C17H13FN2. The number of rotatable bonds is 1. The molecule has 1 aliphatic rings. The summed E-state index contributed by atoms with van der Waals surface area (Å²) in [6.07, 6.45) is 5.45. The van der Waals surface area contributed by atoms with Gasteiger partial charge in [0.25, 0.3) is 0 Å². The van der Waals surface area contributed by atoms with Crippen LogP contribution in [-0.2, 0) is 0 Å². The van der Waals surface area contributed by atoms with E-state index in [1.807, 2.05) is 24.3 Å². The third-order valence-electron chi connectivity index (χ3n) is 3.27. The van der Waals surface area contributed by atoms with Crippen molar-refractivity contribution in [2.24, 2.45) is 4.99 Å². The standard InChI is InChI=1S/C17H13FN2/c1-2-12-7-8-16-14(11-12)17(20-10-9-19-16)13-5-3-4-6-15(13)18/h1,3-8,11,19H,9-10H2. The molecule has 98 valence electrons. The number of fused-ring (bicyclic) bond motifs is 1. The summed E-state index contributed by atoms with van der Waals surface area (Å²) >= 11 is 0. The molecule has 1 N–H and O–H groups in total. The van der Waals surface area contributed by atoms with Gasteiger partial charge in [-0.15, -0.1) is 6.42 Å².